The van der Waals surface area contributed by atoms with Crippen molar-refractivity contribution >= 4 is 5.97 Å². The predicted octanol–water partition coefficient (Wildman–Crippen LogP) is 7.10. The van der Waals surface area contributed by atoms with Crippen LogP contribution < -0.4 is 4.74 Å². The Morgan fingerprint density at radius 3 is 1.41 bits per heavy atom. The highest BCUT2D eigenvalue weighted by molar-refractivity contribution is 5.80. The van der Waals surface area contributed by atoms with E-state index in [2.05, 4.69) is 41.5 Å². The fourth-order valence-corrected chi connectivity index (χ4v) is 4.44. The molecule has 0 saturated carbocycles. The van der Waals surface area contributed by atoms with Crippen LogP contribution in [-0.4, -0.2) is 16.2 Å². The Hall–Kier alpha value is -1.39. The van der Waals surface area contributed by atoms with Crippen LogP contribution in [-0.2, 0) is 16.0 Å². The molecule has 0 bridgehead atoms. The largest absolute Gasteiger partial charge is 0.426 e. The van der Waals surface area contributed by atoms with Gasteiger partial charge in [-0.15, -0.1) is 0 Å². The van der Waals surface area contributed by atoms with Gasteiger partial charge in [-0.05, 0) is 79.2 Å². The van der Waals surface area contributed by atoms with Crippen molar-refractivity contribution in [3.63, 3.8) is 0 Å². The monoisotopic (exact) mass is 448 g/mol. The molecule has 0 aliphatic rings. The van der Waals surface area contributed by atoms with Crippen molar-refractivity contribution < 1.29 is 19.7 Å². The summed E-state index contributed by atoms with van der Waals surface area (Å²) in [5.41, 5.74) is -1.80. The van der Waals surface area contributed by atoms with Crippen LogP contribution in [0.5, 0.6) is 5.75 Å². The maximum absolute atomic E-state index is 13.6. The quantitative estimate of drug-likeness (QED) is 0.312. The van der Waals surface area contributed by atoms with E-state index in [1.54, 1.807) is 12.1 Å². The number of carbonyl (C=O) groups excluding carboxylic acids is 1. The molecule has 0 spiro atoms. The van der Waals surface area contributed by atoms with Gasteiger partial charge in [0.15, 0.2) is 0 Å². The summed E-state index contributed by atoms with van der Waals surface area (Å²) < 4.78 is 6.04. The Labute approximate surface area is 196 Å². The number of aliphatic hydroxyl groups is 2. The summed E-state index contributed by atoms with van der Waals surface area (Å²) in [7, 11) is 0. The minimum atomic E-state index is -1.04. The molecule has 0 heterocycles. The van der Waals surface area contributed by atoms with Crippen LogP contribution in [0.25, 0.3) is 0 Å². The van der Waals surface area contributed by atoms with Crippen LogP contribution >= 0.6 is 0 Å². The molecule has 4 heteroatoms. The van der Waals surface area contributed by atoms with Crippen molar-refractivity contribution in [2.45, 2.75) is 119 Å². The van der Waals surface area contributed by atoms with E-state index in [1.807, 2.05) is 40.7 Å². The van der Waals surface area contributed by atoms with E-state index < -0.39 is 16.6 Å². The van der Waals surface area contributed by atoms with Crippen molar-refractivity contribution in [2.24, 2.45) is 16.2 Å². The second-order valence-electron chi connectivity index (χ2n) is 11.9. The SMILES string of the molecule is CCC(O)(CC)c1cc(OC(=O)C(C)(CC(C)(C)C)C(C)(C)C)cc(C(O)(CC)CC)c1. The van der Waals surface area contributed by atoms with Gasteiger partial charge in [-0.2, -0.15) is 0 Å². The molecule has 0 radical (unpaired) electrons. The molecule has 0 saturated heterocycles. The summed E-state index contributed by atoms with van der Waals surface area (Å²) in [4.78, 5) is 13.6. The van der Waals surface area contributed by atoms with E-state index in [1.165, 1.54) is 0 Å². The highest BCUT2D eigenvalue weighted by Crippen LogP contribution is 2.48. The molecular formula is C28H48O4. The molecule has 1 unspecified atom stereocenters. The van der Waals surface area contributed by atoms with E-state index in [0.717, 1.165) is 0 Å². The maximum Gasteiger partial charge on any atom is 0.317 e. The molecule has 32 heavy (non-hydrogen) atoms. The Balaban J connectivity index is 3.62. The molecule has 184 valence electrons. The smallest absolute Gasteiger partial charge is 0.317 e. The lowest BCUT2D eigenvalue weighted by atomic mass is 9.61. The van der Waals surface area contributed by atoms with Crippen molar-refractivity contribution in [1.82, 2.24) is 0 Å². The van der Waals surface area contributed by atoms with Gasteiger partial charge in [-0.1, -0.05) is 69.2 Å². The zero-order chi connectivity index (χ0) is 25.2. The van der Waals surface area contributed by atoms with Gasteiger partial charge in [0.1, 0.15) is 5.75 Å². The normalized spacial score (nSPS) is 15.4. The molecule has 4 nitrogen and oxygen atoms in total. The molecule has 1 aromatic carbocycles. The van der Waals surface area contributed by atoms with Crippen LogP contribution in [0, 0.1) is 16.2 Å². The van der Waals surface area contributed by atoms with Gasteiger partial charge in [-0.3, -0.25) is 4.79 Å². The van der Waals surface area contributed by atoms with Gasteiger partial charge in [0.2, 0.25) is 0 Å². The first-order chi connectivity index (χ1) is 14.4. The van der Waals surface area contributed by atoms with E-state index in [4.69, 9.17) is 4.74 Å². The molecular weight excluding hydrogens is 400 g/mol. The van der Waals surface area contributed by atoms with Crippen LogP contribution in [0.15, 0.2) is 18.2 Å². The molecule has 0 aliphatic carbocycles. The average molecular weight is 449 g/mol. The zero-order valence-electron chi connectivity index (χ0n) is 22.5. The first-order valence-electron chi connectivity index (χ1n) is 12.2. The van der Waals surface area contributed by atoms with Gasteiger partial charge in [-0.25, -0.2) is 0 Å². The first-order valence-corrected chi connectivity index (χ1v) is 12.2. The third-order valence-electron chi connectivity index (χ3n) is 7.52. The standard InChI is InChI=1S/C28H48O4/c1-12-27(30,13-2)20-16-21(28(31,14-3)15-4)18-22(17-20)32-23(29)26(11,25(8,9)10)19-24(5,6)7/h16-18,30-31H,12-15,19H2,1-11H3. The van der Waals surface area contributed by atoms with Crippen molar-refractivity contribution in [2.75, 3.05) is 0 Å². The van der Waals surface area contributed by atoms with Gasteiger partial charge >= 0.3 is 5.97 Å². The van der Waals surface area contributed by atoms with E-state index in [-0.39, 0.29) is 16.8 Å². The molecule has 0 fully saturated rings. The number of esters is 1. The second kappa shape index (κ2) is 9.85. The fourth-order valence-electron chi connectivity index (χ4n) is 4.44. The summed E-state index contributed by atoms with van der Waals surface area (Å²) in [6, 6.07) is 5.40. The maximum atomic E-state index is 13.6. The molecule has 0 aliphatic heterocycles. The predicted molar refractivity (Wildman–Crippen MR) is 133 cm³/mol. The van der Waals surface area contributed by atoms with Crippen LogP contribution in [0.1, 0.15) is 119 Å². The van der Waals surface area contributed by atoms with Crippen molar-refractivity contribution in [3.8, 4) is 5.75 Å². The number of hydrogen-bond donors (Lipinski definition) is 2. The number of hydrogen-bond acceptors (Lipinski definition) is 4. The number of rotatable bonds is 9. The number of benzene rings is 1. The molecule has 0 amide bonds. The molecule has 0 aromatic heterocycles. The van der Waals surface area contributed by atoms with Crippen molar-refractivity contribution in [1.29, 1.82) is 0 Å². The minimum absolute atomic E-state index is 0.0522. The molecule has 1 atom stereocenters. The van der Waals surface area contributed by atoms with E-state index in [0.29, 0.717) is 49.0 Å². The second-order valence-corrected chi connectivity index (χ2v) is 11.9. The molecule has 1 rings (SSSR count). The average Bonchev–Trinajstić information content (AvgIpc) is 2.70. The molecule has 2 N–H and O–H groups in total. The van der Waals surface area contributed by atoms with Crippen molar-refractivity contribution in [3.05, 3.63) is 29.3 Å². The lowest BCUT2D eigenvalue weighted by molar-refractivity contribution is -0.154. The third kappa shape index (κ3) is 6.14. The summed E-state index contributed by atoms with van der Waals surface area (Å²) >= 11 is 0. The number of carbonyl (C=O) groups is 1. The topological polar surface area (TPSA) is 66.8 Å². The molecule has 1 aromatic rings. The zero-order valence-corrected chi connectivity index (χ0v) is 22.5. The van der Waals surface area contributed by atoms with Gasteiger partial charge in [0.05, 0.1) is 16.6 Å². The fraction of sp³-hybridized carbons (Fsp3) is 0.750. The van der Waals surface area contributed by atoms with Gasteiger partial charge in [0, 0.05) is 0 Å². The lowest BCUT2D eigenvalue weighted by Crippen LogP contribution is -2.45. The van der Waals surface area contributed by atoms with Crippen LogP contribution in [0.4, 0.5) is 0 Å². The highest BCUT2D eigenvalue weighted by Gasteiger charge is 2.48. The Kier molecular flexibility index (Phi) is 8.81. The minimum Gasteiger partial charge on any atom is -0.426 e. The van der Waals surface area contributed by atoms with Gasteiger partial charge in [0.25, 0.3) is 0 Å². The Bertz CT molecular complexity index is 737. The summed E-state index contributed by atoms with van der Waals surface area (Å²) in [5.74, 6) is 0.101. The first kappa shape index (κ1) is 28.6. The highest BCUT2D eigenvalue weighted by atomic mass is 16.5. The Morgan fingerprint density at radius 2 is 1.12 bits per heavy atom. The van der Waals surface area contributed by atoms with Crippen LogP contribution in [0.3, 0.4) is 0 Å². The van der Waals surface area contributed by atoms with E-state index in [9.17, 15) is 15.0 Å². The lowest BCUT2D eigenvalue weighted by Gasteiger charge is -2.43. The number of ether oxygens (including phenoxy) is 1. The van der Waals surface area contributed by atoms with E-state index >= 15 is 0 Å². The van der Waals surface area contributed by atoms with Gasteiger partial charge < -0.3 is 14.9 Å². The Morgan fingerprint density at radius 1 is 0.750 bits per heavy atom. The summed E-state index contributed by atoms with van der Waals surface area (Å²) in [6.45, 7) is 22.3. The summed E-state index contributed by atoms with van der Waals surface area (Å²) in [5, 5.41) is 22.4. The van der Waals surface area contributed by atoms with Crippen LogP contribution in [0.2, 0.25) is 0 Å². The summed E-state index contributed by atoms with van der Waals surface area (Å²) in [6.07, 6.45) is 2.79. The third-order valence-corrected chi connectivity index (χ3v) is 7.52.